The molecule has 1 heterocycles. The predicted molar refractivity (Wildman–Crippen MR) is 63.1 cm³/mol. The van der Waals surface area contributed by atoms with Gasteiger partial charge in [0.25, 0.3) is 0 Å². The molecule has 0 atom stereocenters. The zero-order valence-electron chi connectivity index (χ0n) is 9.18. The molecule has 1 fully saturated rings. The van der Waals surface area contributed by atoms with Gasteiger partial charge in [0.05, 0.1) is 0 Å². The summed E-state index contributed by atoms with van der Waals surface area (Å²) in [5, 5.41) is 0. The topological polar surface area (TPSA) is 3.24 Å². The SMILES string of the molecule is CC(C)=C[SiH2]CCN1CCCCC1. The van der Waals surface area contributed by atoms with E-state index in [4.69, 9.17) is 0 Å². The van der Waals surface area contributed by atoms with Crippen LogP contribution in [0.25, 0.3) is 0 Å². The van der Waals surface area contributed by atoms with Crippen LogP contribution in [-0.2, 0) is 0 Å². The largest absolute Gasteiger partial charge is 0.304 e. The summed E-state index contributed by atoms with van der Waals surface area (Å²) in [6.07, 6.45) is 4.33. The Hall–Kier alpha value is -0.0831. The number of allylic oxidation sites excluding steroid dienone is 1. The zero-order valence-corrected chi connectivity index (χ0v) is 10.6. The minimum absolute atomic E-state index is 0.115. The highest BCUT2D eigenvalue weighted by Crippen LogP contribution is 2.08. The second-order valence-corrected chi connectivity index (χ2v) is 6.02. The summed E-state index contributed by atoms with van der Waals surface area (Å²) in [6, 6.07) is 1.48. The summed E-state index contributed by atoms with van der Waals surface area (Å²) in [5.74, 6) is 0. The molecular formula is C11H23NSi. The highest BCUT2D eigenvalue weighted by Gasteiger charge is 2.08. The normalized spacial score (nSPS) is 19.5. The smallest absolute Gasteiger partial charge is 0.0465 e. The predicted octanol–water partition coefficient (Wildman–Crippen LogP) is 1.98. The molecule has 1 rings (SSSR count). The van der Waals surface area contributed by atoms with Gasteiger partial charge in [-0.15, -0.1) is 5.70 Å². The molecule has 0 aromatic heterocycles. The van der Waals surface area contributed by atoms with Crippen molar-refractivity contribution in [1.82, 2.24) is 4.90 Å². The highest BCUT2D eigenvalue weighted by molar-refractivity contribution is 6.42. The molecule has 0 amide bonds. The molecule has 1 aliphatic heterocycles. The fourth-order valence-corrected chi connectivity index (χ4v) is 3.30. The van der Waals surface area contributed by atoms with Crippen molar-refractivity contribution in [3.8, 4) is 0 Å². The first-order valence-electron chi connectivity index (χ1n) is 5.65. The van der Waals surface area contributed by atoms with Crippen molar-refractivity contribution >= 4 is 9.52 Å². The van der Waals surface area contributed by atoms with Gasteiger partial charge in [0.15, 0.2) is 0 Å². The molecule has 0 spiro atoms. The fraction of sp³-hybridized carbons (Fsp3) is 0.818. The van der Waals surface area contributed by atoms with E-state index in [1.54, 1.807) is 0 Å². The molecule has 0 N–H and O–H groups in total. The molecule has 0 saturated carbocycles. The molecule has 0 radical (unpaired) electrons. The van der Waals surface area contributed by atoms with Crippen molar-refractivity contribution in [3.63, 3.8) is 0 Å². The maximum Gasteiger partial charge on any atom is 0.0465 e. The van der Waals surface area contributed by atoms with Crippen LogP contribution in [0.15, 0.2) is 11.3 Å². The summed E-state index contributed by atoms with van der Waals surface area (Å²) >= 11 is 0. The van der Waals surface area contributed by atoms with Gasteiger partial charge in [-0.05, 0) is 52.4 Å². The number of nitrogens with zero attached hydrogens (tertiary/aromatic N) is 1. The third-order valence-electron chi connectivity index (χ3n) is 2.68. The first kappa shape index (κ1) is 11.0. The van der Waals surface area contributed by atoms with E-state index in [9.17, 15) is 0 Å². The first-order chi connectivity index (χ1) is 6.29. The lowest BCUT2D eigenvalue weighted by Gasteiger charge is -2.25. The Kier molecular flexibility index (Phi) is 5.40. The molecule has 0 aromatic rings. The van der Waals surface area contributed by atoms with E-state index in [-0.39, 0.29) is 9.52 Å². The summed E-state index contributed by atoms with van der Waals surface area (Å²) in [5.41, 5.74) is 4.01. The van der Waals surface area contributed by atoms with E-state index >= 15 is 0 Å². The second-order valence-electron chi connectivity index (χ2n) is 4.33. The lowest BCUT2D eigenvalue weighted by molar-refractivity contribution is 0.240. The number of hydrogen-bond donors (Lipinski definition) is 0. The van der Waals surface area contributed by atoms with E-state index in [0.717, 1.165) is 0 Å². The zero-order chi connectivity index (χ0) is 9.52. The molecule has 76 valence electrons. The third kappa shape index (κ3) is 5.27. The van der Waals surface area contributed by atoms with Crippen LogP contribution < -0.4 is 0 Å². The molecule has 1 saturated heterocycles. The summed E-state index contributed by atoms with van der Waals surface area (Å²) < 4.78 is 0. The minimum Gasteiger partial charge on any atom is -0.304 e. The Bertz CT molecular complexity index is 155. The Labute approximate surface area is 85.0 Å². The first-order valence-corrected chi connectivity index (χ1v) is 7.46. The Morgan fingerprint density at radius 2 is 1.92 bits per heavy atom. The lowest BCUT2D eigenvalue weighted by atomic mass is 10.1. The van der Waals surface area contributed by atoms with Crippen molar-refractivity contribution < 1.29 is 0 Å². The number of likely N-dealkylation sites (tertiary alicyclic amines) is 1. The van der Waals surface area contributed by atoms with Gasteiger partial charge in [-0.3, -0.25) is 0 Å². The molecule has 1 nitrogen and oxygen atoms in total. The molecule has 0 bridgehead atoms. The van der Waals surface area contributed by atoms with Gasteiger partial charge in [0, 0.05) is 9.52 Å². The van der Waals surface area contributed by atoms with Gasteiger partial charge in [0.1, 0.15) is 0 Å². The second kappa shape index (κ2) is 6.38. The number of piperidine rings is 1. The van der Waals surface area contributed by atoms with Crippen molar-refractivity contribution in [2.75, 3.05) is 19.6 Å². The number of rotatable bonds is 4. The maximum absolute atomic E-state index is 2.65. The van der Waals surface area contributed by atoms with Gasteiger partial charge in [-0.25, -0.2) is 0 Å². The van der Waals surface area contributed by atoms with Crippen molar-refractivity contribution in [3.05, 3.63) is 11.3 Å². The lowest BCUT2D eigenvalue weighted by Crippen LogP contribution is -2.30. The van der Waals surface area contributed by atoms with E-state index in [0.29, 0.717) is 0 Å². The maximum atomic E-state index is 2.65. The Morgan fingerprint density at radius 3 is 2.54 bits per heavy atom. The van der Waals surface area contributed by atoms with Gasteiger partial charge < -0.3 is 4.90 Å². The molecule has 0 aromatic carbocycles. The van der Waals surface area contributed by atoms with Crippen LogP contribution in [0, 0.1) is 0 Å². The fourth-order valence-electron chi connectivity index (χ4n) is 1.89. The van der Waals surface area contributed by atoms with Gasteiger partial charge in [-0.1, -0.05) is 12.0 Å². The molecular weight excluding hydrogens is 174 g/mol. The Balaban J connectivity index is 2.01. The van der Waals surface area contributed by atoms with Crippen LogP contribution in [0.1, 0.15) is 33.1 Å². The van der Waals surface area contributed by atoms with E-state index < -0.39 is 0 Å². The van der Waals surface area contributed by atoms with Gasteiger partial charge in [-0.2, -0.15) is 0 Å². The molecule has 13 heavy (non-hydrogen) atoms. The minimum atomic E-state index is 0.115. The quantitative estimate of drug-likeness (QED) is 0.492. The van der Waals surface area contributed by atoms with Crippen LogP contribution >= 0.6 is 0 Å². The van der Waals surface area contributed by atoms with Crippen molar-refractivity contribution in [1.29, 1.82) is 0 Å². The average molecular weight is 197 g/mol. The van der Waals surface area contributed by atoms with E-state index in [1.807, 2.05) is 0 Å². The molecule has 2 heteroatoms. The van der Waals surface area contributed by atoms with Crippen LogP contribution in [0.2, 0.25) is 6.04 Å². The van der Waals surface area contributed by atoms with Gasteiger partial charge >= 0.3 is 0 Å². The Morgan fingerprint density at radius 1 is 1.23 bits per heavy atom. The van der Waals surface area contributed by atoms with E-state index in [1.165, 1.54) is 50.5 Å². The van der Waals surface area contributed by atoms with E-state index in [2.05, 4.69) is 24.4 Å². The molecule has 0 unspecified atom stereocenters. The van der Waals surface area contributed by atoms with Crippen LogP contribution in [0.3, 0.4) is 0 Å². The van der Waals surface area contributed by atoms with Crippen LogP contribution in [0.4, 0.5) is 0 Å². The highest BCUT2D eigenvalue weighted by atomic mass is 28.2. The van der Waals surface area contributed by atoms with Crippen LogP contribution in [0.5, 0.6) is 0 Å². The summed E-state index contributed by atoms with van der Waals surface area (Å²) in [7, 11) is 0.115. The van der Waals surface area contributed by atoms with Crippen molar-refractivity contribution in [2.45, 2.75) is 39.2 Å². The molecule has 0 aliphatic carbocycles. The average Bonchev–Trinajstić information content (AvgIpc) is 2.14. The molecule has 1 aliphatic rings. The standard InChI is InChI=1S/C11H23NSi/c1-11(2)10-13-9-8-12-6-4-3-5-7-12/h10H,3-9,13H2,1-2H3. The number of hydrogen-bond acceptors (Lipinski definition) is 1. The summed E-state index contributed by atoms with van der Waals surface area (Å²) in [6.45, 7) is 8.53. The third-order valence-corrected chi connectivity index (χ3v) is 4.51. The van der Waals surface area contributed by atoms with Crippen LogP contribution in [-0.4, -0.2) is 34.1 Å². The summed E-state index contributed by atoms with van der Waals surface area (Å²) in [4.78, 5) is 2.65. The van der Waals surface area contributed by atoms with Crippen molar-refractivity contribution in [2.24, 2.45) is 0 Å². The van der Waals surface area contributed by atoms with Gasteiger partial charge in [0.2, 0.25) is 0 Å². The monoisotopic (exact) mass is 197 g/mol.